The second-order valence-corrected chi connectivity index (χ2v) is 11.6. The van der Waals surface area contributed by atoms with Crippen molar-refractivity contribution in [3.63, 3.8) is 0 Å². The van der Waals surface area contributed by atoms with Crippen molar-refractivity contribution in [1.82, 2.24) is 24.8 Å². The van der Waals surface area contributed by atoms with E-state index in [1.165, 1.54) is 42.7 Å². The summed E-state index contributed by atoms with van der Waals surface area (Å²) in [5, 5.41) is 11.9. The van der Waals surface area contributed by atoms with Crippen LogP contribution in [0, 0.1) is 5.82 Å². The van der Waals surface area contributed by atoms with Crippen LogP contribution in [0.2, 0.25) is 0 Å². The Labute approximate surface area is 216 Å². The Morgan fingerprint density at radius 2 is 2.11 bits per heavy atom. The second kappa shape index (κ2) is 11.1. The van der Waals surface area contributed by atoms with E-state index < -0.39 is 0 Å². The van der Waals surface area contributed by atoms with Gasteiger partial charge in [-0.25, -0.2) is 9.37 Å². The Kier molecular flexibility index (Phi) is 8.14. The maximum atomic E-state index is 13.9. The number of carbonyl (C=O) groups is 1. The molecule has 0 saturated carbocycles. The summed E-state index contributed by atoms with van der Waals surface area (Å²) in [5.74, 6) is 0.372. The van der Waals surface area contributed by atoms with Crippen molar-refractivity contribution >= 4 is 33.2 Å². The molecule has 1 fully saturated rings. The summed E-state index contributed by atoms with van der Waals surface area (Å²) >= 11 is 1.40. The van der Waals surface area contributed by atoms with Crippen LogP contribution in [-0.4, -0.2) is 70.2 Å². The Morgan fingerprint density at radius 3 is 2.83 bits per heavy atom. The fourth-order valence-electron chi connectivity index (χ4n) is 4.54. The van der Waals surface area contributed by atoms with Crippen molar-refractivity contribution in [3.8, 4) is 11.3 Å². The molecule has 8 nitrogen and oxygen atoms in total. The molecule has 0 aliphatic carbocycles. The van der Waals surface area contributed by atoms with Gasteiger partial charge in [0.2, 0.25) is 16.0 Å². The lowest BCUT2D eigenvalue weighted by molar-refractivity contribution is -0.119. The largest absolute Gasteiger partial charge is 0.364 e. The number of rotatable bonds is 9. The molecule has 0 spiro atoms. The van der Waals surface area contributed by atoms with E-state index in [9.17, 15) is 9.18 Å². The number of anilines is 2. The molecule has 0 bridgehead atoms. The molecule has 0 unspecified atom stereocenters. The van der Waals surface area contributed by atoms with Crippen molar-refractivity contribution in [3.05, 3.63) is 30.1 Å². The summed E-state index contributed by atoms with van der Waals surface area (Å²) < 4.78 is 15.7. The molecule has 1 aromatic carbocycles. The maximum Gasteiger partial charge on any atom is 0.239 e. The lowest BCUT2D eigenvalue weighted by Crippen LogP contribution is -2.40. The zero-order valence-corrected chi connectivity index (χ0v) is 22.8. The summed E-state index contributed by atoms with van der Waals surface area (Å²) in [7, 11) is 1.86. The lowest BCUT2D eigenvalue weighted by Gasteiger charge is -2.33. The molecule has 0 radical (unpaired) electrons. The average molecular weight is 516 g/mol. The number of nitrogens with one attached hydrogen (secondary N) is 2. The third-order valence-corrected chi connectivity index (χ3v) is 7.40. The monoisotopic (exact) mass is 515 g/mol. The number of amides is 1. The van der Waals surface area contributed by atoms with Crippen LogP contribution in [0.5, 0.6) is 0 Å². The van der Waals surface area contributed by atoms with Gasteiger partial charge in [-0.3, -0.25) is 4.79 Å². The van der Waals surface area contributed by atoms with Crippen molar-refractivity contribution in [2.24, 2.45) is 0 Å². The smallest absolute Gasteiger partial charge is 0.239 e. The third kappa shape index (κ3) is 6.53. The number of fused-ring (bicyclic) bond motifs is 1. The third-order valence-electron chi connectivity index (χ3n) is 6.38. The van der Waals surface area contributed by atoms with E-state index in [1.54, 1.807) is 10.6 Å². The highest BCUT2D eigenvalue weighted by atomic mass is 32.1. The highest BCUT2D eigenvalue weighted by molar-refractivity contribution is 7.20. The van der Waals surface area contributed by atoms with Gasteiger partial charge >= 0.3 is 0 Å². The molecule has 1 saturated heterocycles. The van der Waals surface area contributed by atoms with Gasteiger partial charge in [-0.1, -0.05) is 29.9 Å². The predicted octanol–water partition coefficient (Wildman–Crippen LogP) is 4.62. The van der Waals surface area contributed by atoms with Gasteiger partial charge in [0.05, 0.1) is 6.54 Å². The summed E-state index contributed by atoms with van der Waals surface area (Å²) in [6.45, 7) is 11.5. The summed E-state index contributed by atoms with van der Waals surface area (Å²) in [6, 6.07) is 7.06. The normalized spacial score (nSPS) is 16.9. The van der Waals surface area contributed by atoms with Gasteiger partial charge in [-0.2, -0.15) is 4.52 Å². The maximum absolute atomic E-state index is 13.9. The Bertz CT molecular complexity index is 1180. The highest BCUT2D eigenvalue weighted by Gasteiger charge is 2.24. The molecule has 1 aliphatic rings. The molecule has 196 valence electrons. The zero-order valence-electron chi connectivity index (χ0n) is 22.0. The number of nitrogens with zero attached hydrogens (tertiary/aromatic N) is 5. The van der Waals surface area contributed by atoms with Crippen molar-refractivity contribution < 1.29 is 9.18 Å². The molecule has 1 aliphatic heterocycles. The van der Waals surface area contributed by atoms with Gasteiger partial charge in [-0.05, 0) is 65.6 Å². The first-order valence-corrected chi connectivity index (χ1v) is 13.6. The van der Waals surface area contributed by atoms with E-state index >= 15 is 0 Å². The lowest BCUT2D eigenvalue weighted by atomic mass is 10.0. The predicted molar refractivity (Wildman–Crippen MR) is 145 cm³/mol. The van der Waals surface area contributed by atoms with Gasteiger partial charge in [0.15, 0.2) is 5.82 Å². The van der Waals surface area contributed by atoms with Crippen LogP contribution in [0.3, 0.4) is 0 Å². The van der Waals surface area contributed by atoms with Crippen LogP contribution in [0.1, 0.15) is 53.4 Å². The SMILES string of the molecule is C[C@H]1CCCCN1CCCNC(=O)CN(C)c1nn2c(NC(C)(C)C)c(-c3cccc(F)c3)nc2s1. The van der Waals surface area contributed by atoms with Gasteiger partial charge in [0.25, 0.3) is 0 Å². The number of likely N-dealkylation sites (tertiary alicyclic amines) is 1. The van der Waals surface area contributed by atoms with Crippen LogP contribution < -0.4 is 15.5 Å². The minimum absolute atomic E-state index is 0.0227. The fraction of sp³-hybridized carbons (Fsp3) is 0.577. The van der Waals surface area contributed by atoms with E-state index in [0.29, 0.717) is 39.8 Å². The molecule has 4 rings (SSSR count). The van der Waals surface area contributed by atoms with E-state index in [0.717, 1.165) is 19.5 Å². The highest BCUT2D eigenvalue weighted by Crippen LogP contribution is 2.34. The molecule has 1 amide bonds. The summed E-state index contributed by atoms with van der Waals surface area (Å²) in [6.07, 6.45) is 4.82. The van der Waals surface area contributed by atoms with Gasteiger partial charge in [0.1, 0.15) is 11.5 Å². The first kappa shape index (κ1) is 26.3. The zero-order chi connectivity index (χ0) is 25.9. The molecule has 2 aromatic heterocycles. The number of aromatic nitrogens is 3. The molecule has 3 heterocycles. The molecular weight excluding hydrogens is 477 g/mol. The summed E-state index contributed by atoms with van der Waals surface area (Å²) in [4.78, 5) is 22.4. The first-order chi connectivity index (χ1) is 17.1. The number of carbonyl (C=O) groups excluding carboxylic acids is 1. The van der Waals surface area contributed by atoms with Crippen LogP contribution in [0.25, 0.3) is 16.2 Å². The van der Waals surface area contributed by atoms with E-state index in [1.807, 2.05) is 18.0 Å². The van der Waals surface area contributed by atoms with Crippen LogP contribution >= 0.6 is 11.3 Å². The van der Waals surface area contributed by atoms with Crippen LogP contribution in [0.15, 0.2) is 24.3 Å². The molecule has 10 heteroatoms. The quantitative estimate of drug-likeness (QED) is 0.405. The molecule has 1 atom stereocenters. The molecule has 36 heavy (non-hydrogen) atoms. The van der Waals surface area contributed by atoms with Crippen molar-refractivity contribution in [1.29, 1.82) is 0 Å². The van der Waals surface area contributed by atoms with Crippen LogP contribution in [-0.2, 0) is 4.79 Å². The standard InChI is InChI=1S/C26H38FN7OS/c1-18-10-6-7-14-33(18)15-9-13-28-21(35)17-32(5)25-31-34-23(30-26(2,3)4)22(29-24(34)36-25)19-11-8-12-20(27)16-19/h8,11-12,16,18,30H,6-7,9-10,13-15,17H2,1-5H3,(H,28,35)/t18-/m0/s1. The molecule has 2 N–H and O–H groups in total. The number of halogens is 1. The van der Waals surface area contributed by atoms with E-state index in [4.69, 9.17) is 10.1 Å². The number of hydrogen-bond donors (Lipinski definition) is 2. The molecule has 3 aromatic rings. The number of benzene rings is 1. The van der Waals surface area contributed by atoms with E-state index in [2.05, 4.69) is 43.2 Å². The van der Waals surface area contributed by atoms with Crippen molar-refractivity contribution in [2.45, 2.75) is 65.0 Å². The number of hydrogen-bond acceptors (Lipinski definition) is 7. The minimum atomic E-state index is -0.310. The minimum Gasteiger partial charge on any atom is -0.364 e. The number of imidazole rings is 1. The van der Waals surface area contributed by atoms with Gasteiger partial charge < -0.3 is 20.4 Å². The second-order valence-electron chi connectivity index (χ2n) is 10.7. The van der Waals surface area contributed by atoms with Crippen LogP contribution in [0.4, 0.5) is 15.3 Å². The topological polar surface area (TPSA) is 77.8 Å². The van der Waals surface area contributed by atoms with Crippen molar-refractivity contribution in [2.75, 3.05) is 43.4 Å². The molecular formula is C26H38FN7OS. The fourth-order valence-corrected chi connectivity index (χ4v) is 5.40. The summed E-state index contributed by atoms with van der Waals surface area (Å²) in [5.41, 5.74) is 1.09. The first-order valence-electron chi connectivity index (χ1n) is 12.8. The van der Waals surface area contributed by atoms with Gasteiger partial charge in [0, 0.05) is 37.3 Å². The van der Waals surface area contributed by atoms with Gasteiger partial charge in [-0.15, -0.1) is 5.10 Å². The Morgan fingerprint density at radius 1 is 1.31 bits per heavy atom. The average Bonchev–Trinajstić information content (AvgIpc) is 3.36. The number of likely N-dealkylation sites (N-methyl/N-ethyl adjacent to an activating group) is 1. The number of piperidine rings is 1. The Hall–Kier alpha value is -2.72. The Balaban J connectivity index is 1.41. The van der Waals surface area contributed by atoms with E-state index in [-0.39, 0.29) is 23.8 Å².